The average molecular weight is 298 g/mol. The first-order valence-electron chi connectivity index (χ1n) is 6.92. The molecule has 2 aromatic carbocycles. The molecule has 0 aliphatic rings. The predicted octanol–water partition coefficient (Wildman–Crippen LogP) is 4.13. The van der Waals surface area contributed by atoms with Crippen molar-refractivity contribution >= 4 is 22.6 Å². The average Bonchev–Trinajstić information content (AvgIpc) is 2.53. The Kier molecular flexibility index (Phi) is 4.13. The number of para-hydroxylation sites is 2. The molecule has 0 fully saturated rings. The highest BCUT2D eigenvalue weighted by atomic mass is 35.5. The lowest BCUT2D eigenvalue weighted by Gasteiger charge is -2.15. The first-order chi connectivity index (χ1) is 10.2. The molecule has 106 valence electrons. The fourth-order valence-corrected chi connectivity index (χ4v) is 2.57. The van der Waals surface area contributed by atoms with Gasteiger partial charge in [0.25, 0.3) is 0 Å². The Labute approximate surface area is 129 Å². The number of halogens is 1. The van der Waals surface area contributed by atoms with E-state index in [2.05, 4.69) is 22.2 Å². The SMILES string of the molecule is C[C@@H](NCc1cnc2ccccc2n1)c1ccccc1Cl. The Hall–Kier alpha value is -1.97. The zero-order valence-electron chi connectivity index (χ0n) is 11.8. The Balaban J connectivity index is 1.73. The number of rotatable bonds is 4. The van der Waals surface area contributed by atoms with Gasteiger partial charge in [-0.2, -0.15) is 0 Å². The molecule has 0 aliphatic heterocycles. The highest BCUT2D eigenvalue weighted by Crippen LogP contribution is 2.22. The van der Waals surface area contributed by atoms with Gasteiger partial charge in [0.15, 0.2) is 0 Å². The van der Waals surface area contributed by atoms with E-state index in [1.165, 1.54) is 0 Å². The summed E-state index contributed by atoms with van der Waals surface area (Å²) >= 11 is 6.21. The summed E-state index contributed by atoms with van der Waals surface area (Å²) in [4.78, 5) is 9.03. The van der Waals surface area contributed by atoms with Gasteiger partial charge in [-0.3, -0.25) is 4.98 Å². The van der Waals surface area contributed by atoms with Crippen molar-refractivity contribution in [1.29, 1.82) is 0 Å². The maximum absolute atomic E-state index is 6.21. The summed E-state index contributed by atoms with van der Waals surface area (Å²) in [5, 5.41) is 4.21. The van der Waals surface area contributed by atoms with Gasteiger partial charge in [-0.05, 0) is 30.7 Å². The van der Waals surface area contributed by atoms with E-state index >= 15 is 0 Å². The minimum Gasteiger partial charge on any atom is -0.304 e. The van der Waals surface area contributed by atoms with Gasteiger partial charge in [0, 0.05) is 17.6 Å². The molecule has 0 amide bonds. The normalized spacial score (nSPS) is 12.5. The molecule has 1 aromatic heterocycles. The third-order valence-electron chi connectivity index (χ3n) is 3.46. The van der Waals surface area contributed by atoms with Crippen molar-refractivity contribution < 1.29 is 0 Å². The summed E-state index contributed by atoms with van der Waals surface area (Å²) in [6.45, 7) is 2.75. The van der Waals surface area contributed by atoms with E-state index in [1.807, 2.05) is 54.7 Å². The van der Waals surface area contributed by atoms with Gasteiger partial charge in [0.1, 0.15) is 0 Å². The van der Waals surface area contributed by atoms with E-state index in [-0.39, 0.29) is 6.04 Å². The smallest absolute Gasteiger partial charge is 0.0890 e. The molecule has 1 N–H and O–H groups in total. The quantitative estimate of drug-likeness (QED) is 0.786. The van der Waals surface area contributed by atoms with Crippen molar-refractivity contribution in [3.63, 3.8) is 0 Å². The van der Waals surface area contributed by atoms with E-state index in [0.717, 1.165) is 27.3 Å². The second kappa shape index (κ2) is 6.20. The first kappa shape index (κ1) is 14.0. The van der Waals surface area contributed by atoms with Crippen LogP contribution in [0.4, 0.5) is 0 Å². The van der Waals surface area contributed by atoms with Gasteiger partial charge >= 0.3 is 0 Å². The summed E-state index contributed by atoms with van der Waals surface area (Å²) in [5.74, 6) is 0. The summed E-state index contributed by atoms with van der Waals surface area (Å²) in [6, 6.07) is 15.9. The van der Waals surface area contributed by atoms with Crippen molar-refractivity contribution in [2.45, 2.75) is 19.5 Å². The van der Waals surface area contributed by atoms with E-state index in [9.17, 15) is 0 Å². The fourth-order valence-electron chi connectivity index (χ4n) is 2.27. The molecule has 0 radical (unpaired) electrons. The molecule has 0 bridgehead atoms. The summed E-state index contributed by atoms with van der Waals surface area (Å²) in [7, 11) is 0. The van der Waals surface area contributed by atoms with Gasteiger partial charge in [-0.1, -0.05) is 41.9 Å². The minimum absolute atomic E-state index is 0.159. The van der Waals surface area contributed by atoms with Crippen LogP contribution in [0.3, 0.4) is 0 Å². The van der Waals surface area contributed by atoms with Gasteiger partial charge in [-0.25, -0.2) is 4.98 Å². The lowest BCUT2D eigenvalue weighted by molar-refractivity contribution is 0.568. The van der Waals surface area contributed by atoms with Crippen molar-refractivity contribution in [3.05, 3.63) is 71.0 Å². The van der Waals surface area contributed by atoms with Crippen LogP contribution in [0.15, 0.2) is 54.7 Å². The van der Waals surface area contributed by atoms with Crippen molar-refractivity contribution in [3.8, 4) is 0 Å². The maximum Gasteiger partial charge on any atom is 0.0890 e. The standard InChI is InChI=1S/C17H16ClN3/c1-12(14-6-2-3-7-15(14)18)19-10-13-11-20-16-8-4-5-9-17(16)21-13/h2-9,11-12,19H,10H2,1H3/t12-/m1/s1. The van der Waals surface area contributed by atoms with E-state index in [4.69, 9.17) is 11.6 Å². The third-order valence-corrected chi connectivity index (χ3v) is 3.80. The summed E-state index contributed by atoms with van der Waals surface area (Å²) in [5.41, 5.74) is 3.85. The number of aromatic nitrogens is 2. The highest BCUT2D eigenvalue weighted by Gasteiger charge is 2.09. The summed E-state index contributed by atoms with van der Waals surface area (Å²) < 4.78 is 0. The second-order valence-corrected chi connectivity index (χ2v) is 5.38. The molecule has 1 heterocycles. The molecule has 0 unspecified atom stereocenters. The van der Waals surface area contributed by atoms with Crippen LogP contribution in [0.25, 0.3) is 11.0 Å². The number of nitrogens with one attached hydrogen (secondary N) is 1. The molecule has 1 atom stereocenters. The van der Waals surface area contributed by atoms with E-state index in [1.54, 1.807) is 0 Å². The van der Waals surface area contributed by atoms with Crippen molar-refractivity contribution in [1.82, 2.24) is 15.3 Å². The molecule has 3 nitrogen and oxygen atoms in total. The molecular formula is C17H16ClN3. The number of hydrogen-bond donors (Lipinski definition) is 1. The van der Waals surface area contributed by atoms with Gasteiger partial charge in [0.2, 0.25) is 0 Å². The fraction of sp³-hybridized carbons (Fsp3) is 0.176. The van der Waals surface area contributed by atoms with Crippen LogP contribution in [0.2, 0.25) is 5.02 Å². The highest BCUT2D eigenvalue weighted by molar-refractivity contribution is 6.31. The Morgan fingerprint density at radius 2 is 1.76 bits per heavy atom. The van der Waals surface area contributed by atoms with E-state index in [0.29, 0.717) is 6.54 Å². The molecule has 0 aliphatic carbocycles. The van der Waals surface area contributed by atoms with Crippen molar-refractivity contribution in [2.75, 3.05) is 0 Å². The van der Waals surface area contributed by atoms with Crippen LogP contribution in [-0.4, -0.2) is 9.97 Å². The molecule has 0 spiro atoms. The second-order valence-electron chi connectivity index (χ2n) is 4.97. The van der Waals surface area contributed by atoms with Crippen LogP contribution in [0, 0.1) is 0 Å². The zero-order valence-corrected chi connectivity index (χ0v) is 12.5. The monoisotopic (exact) mass is 297 g/mol. The Bertz CT molecular complexity index is 758. The Morgan fingerprint density at radius 1 is 1.05 bits per heavy atom. The Morgan fingerprint density at radius 3 is 2.57 bits per heavy atom. The summed E-state index contributed by atoms with van der Waals surface area (Å²) in [6.07, 6.45) is 1.81. The molecule has 0 saturated heterocycles. The van der Waals surface area contributed by atoms with Crippen LogP contribution < -0.4 is 5.32 Å². The lowest BCUT2D eigenvalue weighted by Crippen LogP contribution is -2.19. The molecule has 21 heavy (non-hydrogen) atoms. The van der Waals surface area contributed by atoms with Crippen molar-refractivity contribution in [2.24, 2.45) is 0 Å². The largest absolute Gasteiger partial charge is 0.304 e. The molecule has 3 rings (SSSR count). The van der Waals surface area contributed by atoms with Crippen LogP contribution in [-0.2, 0) is 6.54 Å². The van der Waals surface area contributed by atoms with Crippen LogP contribution >= 0.6 is 11.6 Å². The number of nitrogens with zero attached hydrogens (tertiary/aromatic N) is 2. The topological polar surface area (TPSA) is 37.8 Å². The minimum atomic E-state index is 0.159. The lowest BCUT2D eigenvalue weighted by atomic mass is 10.1. The van der Waals surface area contributed by atoms with Gasteiger partial charge in [0.05, 0.1) is 22.9 Å². The van der Waals surface area contributed by atoms with E-state index < -0.39 is 0 Å². The zero-order chi connectivity index (χ0) is 14.7. The molecule has 3 aromatic rings. The molecule has 4 heteroatoms. The van der Waals surface area contributed by atoms with Crippen LogP contribution in [0.1, 0.15) is 24.2 Å². The molecule has 0 saturated carbocycles. The number of benzene rings is 2. The molecular weight excluding hydrogens is 282 g/mol. The first-order valence-corrected chi connectivity index (χ1v) is 7.30. The predicted molar refractivity (Wildman–Crippen MR) is 86.2 cm³/mol. The number of hydrogen-bond acceptors (Lipinski definition) is 3. The third kappa shape index (κ3) is 3.20. The van der Waals surface area contributed by atoms with Gasteiger partial charge in [-0.15, -0.1) is 0 Å². The van der Waals surface area contributed by atoms with Crippen LogP contribution in [0.5, 0.6) is 0 Å². The van der Waals surface area contributed by atoms with Gasteiger partial charge < -0.3 is 5.32 Å². The number of fused-ring (bicyclic) bond motifs is 1. The maximum atomic E-state index is 6.21.